The van der Waals surface area contributed by atoms with E-state index in [0.29, 0.717) is 33.3 Å². The van der Waals surface area contributed by atoms with E-state index in [1.54, 1.807) is 25.3 Å². The number of aromatic nitrogens is 2. The van der Waals surface area contributed by atoms with Crippen molar-refractivity contribution in [2.24, 2.45) is 0 Å². The quantitative estimate of drug-likeness (QED) is 0.661. The zero-order chi connectivity index (χ0) is 19.4. The Bertz CT molecular complexity index is 933. The van der Waals surface area contributed by atoms with Crippen molar-refractivity contribution in [3.63, 3.8) is 0 Å². The molecule has 2 heterocycles. The standard InChI is InChI=1S/C20H21ClN4O2/c1-4-25(5-2)17-11-10-14(12-22-17)23-20(26)18-13(3)27-24-19(18)15-8-6-7-9-16(15)21/h6-12H,4-5H2,1-3H3,(H,23,26). The van der Waals surface area contributed by atoms with Gasteiger partial charge in [-0.05, 0) is 39.0 Å². The van der Waals surface area contributed by atoms with Crippen LogP contribution in [0.2, 0.25) is 5.02 Å². The van der Waals surface area contributed by atoms with E-state index in [1.165, 1.54) is 0 Å². The highest BCUT2D eigenvalue weighted by Gasteiger charge is 2.23. The van der Waals surface area contributed by atoms with Crippen molar-refractivity contribution in [3.05, 3.63) is 58.9 Å². The molecule has 1 aromatic carbocycles. The number of carbonyl (C=O) groups is 1. The van der Waals surface area contributed by atoms with Gasteiger partial charge >= 0.3 is 0 Å². The zero-order valence-corrected chi connectivity index (χ0v) is 16.2. The second-order valence-corrected chi connectivity index (χ2v) is 6.38. The van der Waals surface area contributed by atoms with Gasteiger partial charge < -0.3 is 14.7 Å². The number of nitrogens with one attached hydrogen (secondary N) is 1. The molecule has 27 heavy (non-hydrogen) atoms. The highest BCUT2D eigenvalue weighted by Crippen LogP contribution is 2.31. The van der Waals surface area contributed by atoms with Crippen LogP contribution in [-0.2, 0) is 0 Å². The number of nitrogens with zero attached hydrogens (tertiary/aromatic N) is 3. The van der Waals surface area contributed by atoms with Crippen LogP contribution in [0.25, 0.3) is 11.3 Å². The summed E-state index contributed by atoms with van der Waals surface area (Å²) in [6.45, 7) is 7.59. The Morgan fingerprint density at radius 3 is 2.56 bits per heavy atom. The molecule has 0 aliphatic carbocycles. The lowest BCUT2D eigenvalue weighted by atomic mass is 10.1. The molecule has 1 N–H and O–H groups in total. The highest BCUT2D eigenvalue weighted by molar-refractivity contribution is 6.33. The lowest BCUT2D eigenvalue weighted by molar-refractivity contribution is 0.102. The van der Waals surface area contributed by atoms with E-state index in [4.69, 9.17) is 16.1 Å². The molecule has 0 atom stereocenters. The molecule has 0 aliphatic heterocycles. The lowest BCUT2D eigenvalue weighted by Crippen LogP contribution is -2.23. The molecule has 0 saturated heterocycles. The SMILES string of the molecule is CCN(CC)c1ccc(NC(=O)c2c(-c3ccccc3Cl)noc2C)cn1. The van der Waals surface area contributed by atoms with Crippen molar-refractivity contribution < 1.29 is 9.32 Å². The van der Waals surface area contributed by atoms with E-state index in [-0.39, 0.29) is 5.91 Å². The number of hydrogen-bond acceptors (Lipinski definition) is 5. The van der Waals surface area contributed by atoms with E-state index in [9.17, 15) is 4.79 Å². The molecule has 0 unspecified atom stereocenters. The third-order valence-corrected chi connectivity index (χ3v) is 4.64. The molecule has 0 spiro atoms. The smallest absolute Gasteiger partial charge is 0.261 e. The summed E-state index contributed by atoms with van der Waals surface area (Å²) in [6, 6.07) is 10.9. The van der Waals surface area contributed by atoms with Crippen LogP contribution in [0.5, 0.6) is 0 Å². The summed E-state index contributed by atoms with van der Waals surface area (Å²) >= 11 is 6.25. The molecule has 7 heteroatoms. The van der Waals surface area contributed by atoms with Crippen molar-refractivity contribution in [1.29, 1.82) is 0 Å². The largest absolute Gasteiger partial charge is 0.360 e. The number of amides is 1. The fourth-order valence-electron chi connectivity index (χ4n) is 2.86. The summed E-state index contributed by atoms with van der Waals surface area (Å²) in [5, 5.41) is 7.39. The van der Waals surface area contributed by atoms with Crippen LogP contribution in [0.15, 0.2) is 47.1 Å². The number of hydrogen-bond donors (Lipinski definition) is 1. The Morgan fingerprint density at radius 2 is 1.93 bits per heavy atom. The Kier molecular flexibility index (Phi) is 5.76. The van der Waals surface area contributed by atoms with Crippen LogP contribution in [0, 0.1) is 6.92 Å². The molecule has 3 rings (SSSR count). The molecule has 0 radical (unpaired) electrons. The first-order chi connectivity index (χ1) is 13.0. The maximum absolute atomic E-state index is 12.8. The Balaban J connectivity index is 1.85. The van der Waals surface area contributed by atoms with Crippen LogP contribution < -0.4 is 10.2 Å². The van der Waals surface area contributed by atoms with Gasteiger partial charge in [0.25, 0.3) is 5.91 Å². The molecular weight excluding hydrogens is 364 g/mol. The summed E-state index contributed by atoms with van der Waals surface area (Å²) in [4.78, 5) is 19.4. The van der Waals surface area contributed by atoms with E-state index >= 15 is 0 Å². The van der Waals surface area contributed by atoms with Gasteiger partial charge in [0.2, 0.25) is 0 Å². The first-order valence-electron chi connectivity index (χ1n) is 8.78. The number of aryl methyl sites for hydroxylation is 1. The van der Waals surface area contributed by atoms with Gasteiger partial charge in [0.05, 0.1) is 16.9 Å². The molecule has 2 aromatic heterocycles. The zero-order valence-electron chi connectivity index (χ0n) is 15.5. The Labute approximate surface area is 163 Å². The summed E-state index contributed by atoms with van der Waals surface area (Å²) in [5.41, 5.74) is 2.03. The van der Waals surface area contributed by atoms with E-state index < -0.39 is 0 Å². The van der Waals surface area contributed by atoms with Crippen LogP contribution in [0.4, 0.5) is 11.5 Å². The second kappa shape index (κ2) is 8.22. The predicted molar refractivity (Wildman–Crippen MR) is 107 cm³/mol. The van der Waals surface area contributed by atoms with Gasteiger partial charge in [-0.15, -0.1) is 0 Å². The number of pyridine rings is 1. The average Bonchev–Trinajstić information content (AvgIpc) is 3.06. The average molecular weight is 385 g/mol. The topological polar surface area (TPSA) is 71.3 Å². The maximum atomic E-state index is 12.8. The summed E-state index contributed by atoms with van der Waals surface area (Å²) < 4.78 is 5.25. The van der Waals surface area contributed by atoms with Crippen LogP contribution in [-0.4, -0.2) is 29.1 Å². The maximum Gasteiger partial charge on any atom is 0.261 e. The van der Waals surface area contributed by atoms with Gasteiger partial charge in [0.15, 0.2) is 0 Å². The normalized spacial score (nSPS) is 10.7. The lowest BCUT2D eigenvalue weighted by Gasteiger charge is -2.19. The molecule has 1 amide bonds. The van der Waals surface area contributed by atoms with Gasteiger partial charge in [0, 0.05) is 18.7 Å². The summed E-state index contributed by atoms with van der Waals surface area (Å²) in [6.07, 6.45) is 1.64. The molecule has 0 bridgehead atoms. The molecule has 140 valence electrons. The fourth-order valence-corrected chi connectivity index (χ4v) is 3.09. The van der Waals surface area contributed by atoms with E-state index in [1.807, 2.05) is 24.3 Å². The molecule has 0 saturated carbocycles. The molecule has 0 aliphatic rings. The molecule has 3 aromatic rings. The summed E-state index contributed by atoms with van der Waals surface area (Å²) in [7, 11) is 0. The van der Waals surface area contributed by atoms with Gasteiger partial charge in [-0.25, -0.2) is 4.98 Å². The van der Waals surface area contributed by atoms with Crippen molar-refractivity contribution in [2.45, 2.75) is 20.8 Å². The molecular formula is C20H21ClN4O2. The van der Waals surface area contributed by atoms with Crippen LogP contribution in [0.1, 0.15) is 30.0 Å². The molecule has 6 nitrogen and oxygen atoms in total. The fraction of sp³-hybridized carbons (Fsp3) is 0.250. The number of halogens is 1. The number of rotatable bonds is 6. The minimum absolute atomic E-state index is 0.318. The number of benzene rings is 1. The second-order valence-electron chi connectivity index (χ2n) is 5.97. The molecule has 0 fully saturated rings. The minimum Gasteiger partial charge on any atom is -0.360 e. The monoisotopic (exact) mass is 384 g/mol. The minimum atomic E-state index is -0.318. The van der Waals surface area contributed by atoms with E-state index in [2.05, 4.69) is 34.2 Å². The Hall–Kier alpha value is -2.86. The number of carbonyl (C=O) groups excluding carboxylic acids is 1. The van der Waals surface area contributed by atoms with E-state index in [0.717, 1.165) is 18.9 Å². The van der Waals surface area contributed by atoms with Gasteiger partial charge in [-0.3, -0.25) is 4.79 Å². The third kappa shape index (κ3) is 3.95. The van der Waals surface area contributed by atoms with Crippen molar-refractivity contribution in [3.8, 4) is 11.3 Å². The van der Waals surface area contributed by atoms with Crippen molar-refractivity contribution >= 4 is 29.0 Å². The van der Waals surface area contributed by atoms with Gasteiger partial charge in [-0.2, -0.15) is 0 Å². The summed E-state index contributed by atoms with van der Waals surface area (Å²) in [5.74, 6) is 0.979. The highest BCUT2D eigenvalue weighted by atomic mass is 35.5. The first kappa shape index (κ1) is 18.9. The van der Waals surface area contributed by atoms with Crippen molar-refractivity contribution in [1.82, 2.24) is 10.1 Å². The predicted octanol–water partition coefficient (Wildman–Crippen LogP) is 4.80. The number of anilines is 2. The van der Waals surface area contributed by atoms with Gasteiger partial charge in [0.1, 0.15) is 22.8 Å². The first-order valence-corrected chi connectivity index (χ1v) is 9.16. The van der Waals surface area contributed by atoms with Crippen LogP contribution in [0.3, 0.4) is 0 Å². The van der Waals surface area contributed by atoms with Crippen LogP contribution >= 0.6 is 11.6 Å². The Morgan fingerprint density at radius 1 is 1.19 bits per heavy atom. The van der Waals surface area contributed by atoms with Crippen molar-refractivity contribution in [2.75, 3.05) is 23.3 Å². The third-order valence-electron chi connectivity index (χ3n) is 4.31. The van der Waals surface area contributed by atoms with Gasteiger partial charge in [-0.1, -0.05) is 35.0 Å².